The quantitative estimate of drug-likeness (QED) is 0.617. The van der Waals surface area contributed by atoms with Crippen LogP contribution in [0.4, 0.5) is 13.2 Å². The lowest BCUT2D eigenvalue weighted by Gasteiger charge is -2.08. The molecule has 1 aromatic rings. The Bertz CT molecular complexity index is 486. The molecular weight excluding hydrogens is 301 g/mol. The number of methoxy groups -OCH3 is 1. The van der Waals surface area contributed by atoms with Crippen LogP contribution in [-0.2, 0) is 9.53 Å². The lowest BCUT2D eigenvalue weighted by Crippen LogP contribution is -2.10. The highest BCUT2D eigenvalue weighted by molar-refractivity contribution is 8.00. The summed E-state index contributed by atoms with van der Waals surface area (Å²) in [5.74, 6) is -1.34. The zero-order chi connectivity index (χ0) is 14.5. The molecule has 1 aromatic carbocycles. The molecule has 0 N–H and O–H groups in total. The number of alkyl halides is 3. The van der Waals surface area contributed by atoms with Crippen LogP contribution in [0.25, 0.3) is 6.08 Å². The van der Waals surface area contributed by atoms with Crippen LogP contribution in [0.3, 0.4) is 0 Å². The number of thioether (sulfide) groups is 1. The van der Waals surface area contributed by atoms with Gasteiger partial charge in [0.15, 0.2) is 0 Å². The molecule has 0 fully saturated rings. The normalized spacial score (nSPS) is 12.4. The molecule has 7 heteroatoms. The van der Waals surface area contributed by atoms with E-state index in [4.69, 9.17) is 11.6 Å². The Morgan fingerprint density at radius 1 is 1.42 bits per heavy atom. The van der Waals surface area contributed by atoms with E-state index in [1.165, 1.54) is 6.08 Å². The fourth-order valence-electron chi connectivity index (χ4n) is 1.23. The van der Waals surface area contributed by atoms with E-state index < -0.39 is 17.2 Å². The van der Waals surface area contributed by atoms with Crippen molar-refractivity contribution in [3.63, 3.8) is 0 Å². The Hall–Kier alpha value is -1.14. The molecule has 0 heterocycles. The number of hydrogen-bond acceptors (Lipinski definition) is 3. The first-order valence-electron chi connectivity index (χ1n) is 5.07. The first kappa shape index (κ1) is 15.9. The van der Waals surface area contributed by atoms with E-state index >= 15 is 0 Å². The van der Waals surface area contributed by atoms with Gasteiger partial charge in [-0.05, 0) is 29.5 Å². The van der Waals surface area contributed by atoms with Gasteiger partial charge in [-0.25, -0.2) is 4.79 Å². The average molecular weight is 311 g/mol. The SMILES string of the molecule is COC(=O)/C(=C/c1ccccc1Cl)CSC(F)(F)F. The third-order valence-electron chi connectivity index (χ3n) is 2.07. The van der Waals surface area contributed by atoms with Gasteiger partial charge < -0.3 is 4.74 Å². The summed E-state index contributed by atoms with van der Waals surface area (Å²) in [5.41, 5.74) is -4.04. The maximum atomic E-state index is 12.2. The Labute approximate surface area is 117 Å². The van der Waals surface area contributed by atoms with Crippen LogP contribution in [0.1, 0.15) is 5.56 Å². The van der Waals surface area contributed by atoms with Crippen molar-refractivity contribution in [3.05, 3.63) is 40.4 Å². The minimum atomic E-state index is -4.41. The zero-order valence-corrected chi connectivity index (χ0v) is 11.4. The van der Waals surface area contributed by atoms with Gasteiger partial charge >= 0.3 is 11.5 Å². The van der Waals surface area contributed by atoms with Gasteiger partial charge in [0.2, 0.25) is 0 Å². The predicted molar refractivity (Wildman–Crippen MR) is 70.0 cm³/mol. The second kappa shape index (κ2) is 6.86. The molecular formula is C12H10ClF3O2S. The van der Waals surface area contributed by atoms with E-state index in [-0.39, 0.29) is 17.3 Å². The maximum absolute atomic E-state index is 12.2. The first-order valence-corrected chi connectivity index (χ1v) is 6.44. The van der Waals surface area contributed by atoms with Gasteiger partial charge in [-0.2, -0.15) is 13.2 Å². The second-order valence-corrected chi connectivity index (χ2v) is 4.86. The molecule has 0 unspecified atom stereocenters. The molecule has 19 heavy (non-hydrogen) atoms. The monoisotopic (exact) mass is 310 g/mol. The molecule has 2 nitrogen and oxygen atoms in total. The van der Waals surface area contributed by atoms with Crippen molar-refractivity contribution in [2.45, 2.75) is 5.51 Å². The highest BCUT2D eigenvalue weighted by atomic mass is 35.5. The van der Waals surface area contributed by atoms with Gasteiger partial charge in [0.05, 0.1) is 7.11 Å². The molecule has 104 valence electrons. The van der Waals surface area contributed by atoms with Crippen LogP contribution < -0.4 is 0 Å². The van der Waals surface area contributed by atoms with E-state index in [0.29, 0.717) is 10.6 Å². The number of esters is 1. The number of benzene rings is 1. The Morgan fingerprint density at radius 3 is 2.58 bits per heavy atom. The summed E-state index contributed by atoms with van der Waals surface area (Å²) in [7, 11) is 1.11. The van der Waals surface area contributed by atoms with Crippen LogP contribution in [-0.4, -0.2) is 24.3 Å². The molecule has 0 aliphatic rings. The van der Waals surface area contributed by atoms with Crippen LogP contribution in [0.5, 0.6) is 0 Å². The maximum Gasteiger partial charge on any atom is 0.442 e. The van der Waals surface area contributed by atoms with E-state index in [0.717, 1.165) is 7.11 Å². The smallest absolute Gasteiger partial charge is 0.442 e. The molecule has 0 spiro atoms. The minimum Gasteiger partial charge on any atom is -0.466 e. The van der Waals surface area contributed by atoms with Crippen molar-refractivity contribution < 1.29 is 22.7 Å². The molecule has 0 atom stereocenters. The average Bonchev–Trinajstić information content (AvgIpc) is 2.34. The largest absolute Gasteiger partial charge is 0.466 e. The number of hydrogen-bond donors (Lipinski definition) is 0. The molecule has 0 amide bonds. The second-order valence-electron chi connectivity index (χ2n) is 3.42. The van der Waals surface area contributed by atoms with Gasteiger partial charge in [0.25, 0.3) is 0 Å². The Balaban J connectivity index is 2.97. The Kier molecular flexibility index (Phi) is 5.75. The molecule has 0 aliphatic heterocycles. The molecule has 0 bridgehead atoms. The lowest BCUT2D eigenvalue weighted by atomic mass is 10.1. The van der Waals surface area contributed by atoms with Crippen LogP contribution in [0, 0.1) is 0 Å². The molecule has 0 aliphatic carbocycles. The predicted octanol–water partition coefficient (Wildman–Crippen LogP) is 4.15. The molecule has 1 rings (SSSR count). The summed E-state index contributed by atoms with van der Waals surface area (Å²) in [5, 5.41) is 0.348. The van der Waals surface area contributed by atoms with Crippen molar-refractivity contribution in [2.24, 2.45) is 0 Å². The summed E-state index contributed by atoms with van der Waals surface area (Å²) in [4.78, 5) is 11.4. The van der Waals surface area contributed by atoms with Crippen molar-refractivity contribution in [1.29, 1.82) is 0 Å². The highest BCUT2D eigenvalue weighted by Gasteiger charge is 2.29. The summed E-state index contributed by atoms with van der Waals surface area (Å²) in [6.07, 6.45) is 1.30. The molecule has 0 aromatic heterocycles. The lowest BCUT2D eigenvalue weighted by molar-refractivity contribution is -0.135. The van der Waals surface area contributed by atoms with Crippen LogP contribution >= 0.6 is 23.4 Å². The number of ether oxygens (including phenoxy) is 1. The highest BCUT2D eigenvalue weighted by Crippen LogP contribution is 2.32. The third kappa shape index (κ3) is 5.57. The first-order chi connectivity index (χ1) is 8.83. The van der Waals surface area contributed by atoms with Gasteiger partial charge in [-0.1, -0.05) is 29.8 Å². The molecule has 0 saturated carbocycles. The summed E-state index contributed by atoms with van der Waals surface area (Å²) < 4.78 is 40.9. The standard InChI is InChI=1S/C12H10ClF3O2S/c1-18-11(17)9(7-19-12(14,15)16)6-8-4-2-3-5-10(8)13/h2-6H,7H2,1H3/b9-6+. The number of rotatable bonds is 4. The Morgan fingerprint density at radius 2 is 2.05 bits per heavy atom. The van der Waals surface area contributed by atoms with Crippen molar-refractivity contribution in [2.75, 3.05) is 12.9 Å². The van der Waals surface area contributed by atoms with Gasteiger partial charge in [-0.15, -0.1) is 0 Å². The van der Waals surface area contributed by atoms with Crippen molar-refractivity contribution in [1.82, 2.24) is 0 Å². The molecule has 0 radical (unpaired) electrons. The van der Waals surface area contributed by atoms with Gasteiger partial charge in [-0.3, -0.25) is 0 Å². The van der Waals surface area contributed by atoms with Crippen molar-refractivity contribution >= 4 is 35.4 Å². The number of carbonyl (C=O) groups excluding carboxylic acids is 1. The number of carbonyl (C=O) groups is 1. The van der Waals surface area contributed by atoms with Crippen LogP contribution in [0.2, 0.25) is 5.02 Å². The fourth-order valence-corrected chi connectivity index (χ4v) is 1.94. The minimum absolute atomic E-state index is 0.0991. The zero-order valence-electron chi connectivity index (χ0n) is 9.83. The van der Waals surface area contributed by atoms with Gasteiger partial charge in [0, 0.05) is 16.3 Å². The topological polar surface area (TPSA) is 26.3 Å². The summed E-state index contributed by atoms with van der Waals surface area (Å²) >= 11 is 5.58. The summed E-state index contributed by atoms with van der Waals surface area (Å²) in [6.45, 7) is 0. The van der Waals surface area contributed by atoms with E-state index in [1.807, 2.05) is 0 Å². The van der Waals surface area contributed by atoms with Crippen LogP contribution in [0.15, 0.2) is 29.8 Å². The van der Waals surface area contributed by atoms with E-state index in [1.54, 1.807) is 24.3 Å². The summed E-state index contributed by atoms with van der Waals surface area (Å²) in [6, 6.07) is 6.54. The van der Waals surface area contributed by atoms with E-state index in [9.17, 15) is 18.0 Å². The van der Waals surface area contributed by atoms with Crippen molar-refractivity contribution in [3.8, 4) is 0 Å². The number of halogens is 4. The van der Waals surface area contributed by atoms with Gasteiger partial charge in [0.1, 0.15) is 0 Å². The molecule has 0 saturated heterocycles. The fraction of sp³-hybridized carbons (Fsp3) is 0.250. The van der Waals surface area contributed by atoms with E-state index in [2.05, 4.69) is 4.74 Å². The third-order valence-corrected chi connectivity index (χ3v) is 3.20.